The summed E-state index contributed by atoms with van der Waals surface area (Å²) in [4.78, 5) is 34.0. The molecule has 0 saturated heterocycles. The number of rotatable bonds is 7. The van der Waals surface area contributed by atoms with E-state index < -0.39 is 23.3 Å². The highest BCUT2D eigenvalue weighted by Crippen LogP contribution is 2.29. The van der Waals surface area contributed by atoms with Gasteiger partial charge in [0.25, 0.3) is 5.69 Å². The maximum absolute atomic E-state index is 11.2. The second kappa shape index (κ2) is 6.69. The summed E-state index contributed by atoms with van der Waals surface area (Å²) in [6.07, 6.45) is 0. The molecule has 0 radical (unpaired) electrons. The summed E-state index contributed by atoms with van der Waals surface area (Å²) in [6.45, 7) is 3.62. The van der Waals surface area contributed by atoms with Crippen LogP contribution in [0.15, 0.2) is 18.2 Å². The molecule has 0 saturated carbocycles. The number of amides is 1. The second-order valence-electron chi connectivity index (χ2n) is 4.99. The van der Waals surface area contributed by atoms with Gasteiger partial charge in [0, 0.05) is 18.2 Å². The van der Waals surface area contributed by atoms with Crippen molar-refractivity contribution in [1.82, 2.24) is 0 Å². The van der Waals surface area contributed by atoms with Gasteiger partial charge >= 0.3 is 5.97 Å². The molecule has 3 N–H and O–H groups in total. The Morgan fingerprint density at radius 3 is 2.48 bits per heavy atom. The number of hydrogen-bond donors (Lipinski definition) is 2. The van der Waals surface area contributed by atoms with Crippen molar-refractivity contribution >= 4 is 23.3 Å². The lowest BCUT2D eigenvalue weighted by Gasteiger charge is -2.24. The van der Waals surface area contributed by atoms with Crippen LogP contribution in [0.3, 0.4) is 0 Å². The summed E-state index contributed by atoms with van der Waals surface area (Å²) in [5.41, 5.74) is 5.07. The van der Waals surface area contributed by atoms with E-state index in [0.717, 1.165) is 6.07 Å². The lowest BCUT2D eigenvalue weighted by Crippen LogP contribution is -2.33. The molecule has 8 heteroatoms. The zero-order valence-electron chi connectivity index (χ0n) is 11.8. The molecule has 1 amide bonds. The average molecular weight is 295 g/mol. The Morgan fingerprint density at radius 1 is 1.43 bits per heavy atom. The number of carboxylic acids is 1. The number of carboxylic acid groups (broad SMARTS) is 1. The molecule has 0 heterocycles. The molecule has 1 rings (SSSR count). The fourth-order valence-corrected chi connectivity index (χ4v) is 1.94. The molecule has 114 valence electrons. The highest BCUT2D eigenvalue weighted by molar-refractivity contribution is 5.95. The molecule has 0 atom stereocenters. The van der Waals surface area contributed by atoms with Crippen molar-refractivity contribution in [3.63, 3.8) is 0 Å². The minimum absolute atomic E-state index is 0.0763. The maximum atomic E-state index is 11.2. The van der Waals surface area contributed by atoms with Crippen LogP contribution in [-0.4, -0.2) is 35.0 Å². The summed E-state index contributed by atoms with van der Waals surface area (Å²) < 4.78 is 0. The largest absolute Gasteiger partial charge is 0.480 e. The second-order valence-corrected chi connectivity index (χ2v) is 4.99. The first kappa shape index (κ1) is 16.4. The van der Waals surface area contributed by atoms with E-state index in [1.165, 1.54) is 17.0 Å². The zero-order chi connectivity index (χ0) is 16.2. The fraction of sp³-hybridized carbons (Fsp3) is 0.385. The van der Waals surface area contributed by atoms with Gasteiger partial charge in [-0.25, -0.2) is 0 Å². The van der Waals surface area contributed by atoms with Gasteiger partial charge in [-0.15, -0.1) is 0 Å². The van der Waals surface area contributed by atoms with Gasteiger partial charge in [-0.1, -0.05) is 13.8 Å². The number of nitro benzene ring substituents is 1. The van der Waals surface area contributed by atoms with Crippen LogP contribution in [0.1, 0.15) is 24.2 Å². The van der Waals surface area contributed by atoms with Crippen molar-refractivity contribution in [1.29, 1.82) is 0 Å². The third-order valence-corrected chi connectivity index (χ3v) is 2.71. The molecule has 0 aliphatic rings. The Morgan fingerprint density at radius 2 is 2.05 bits per heavy atom. The Labute approximate surface area is 121 Å². The van der Waals surface area contributed by atoms with Gasteiger partial charge in [-0.2, -0.15) is 0 Å². The summed E-state index contributed by atoms with van der Waals surface area (Å²) >= 11 is 0. The number of primary amides is 1. The summed E-state index contributed by atoms with van der Waals surface area (Å²) in [6, 6.07) is 3.66. The van der Waals surface area contributed by atoms with Crippen molar-refractivity contribution in [2.24, 2.45) is 11.7 Å². The summed E-state index contributed by atoms with van der Waals surface area (Å²) in [5, 5.41) is 20.1. The van der Waals surface area contributed by atoms with E-state index >= 15 is 0 Å². The van der Waals surface area contributed by atoms with E-state index in [-0.39, 0.29) is 22.9 Å². The number of anilines is 1. The van der Waals surface area contributed by atoms with Gasteiger partial charge in [0.05, 0.1) is 4.92 Å². The van der Waals surface area contributed by atoms with Crippen LogP contribution in [0.5, 0.6) is 0 Å². The van der Waals surface area contributed by atoms with Gasteiger partial charge in [0.1, 0.15) is 12.2 Å². The van der Waals surface area contributed by atoms with E-state index in [1.54, 1.807) is 0 Å². The zero-order valence-corrected chi connectivity index (χ0v) is 11.8. The third-order valence-electron chi connectivity index (χ3n) is 2.71. The van der Waals surface area contributed by atoms with Gasteiger partial charge in [-0.05, 0) is 18.1 Å². The SMILES string of the molecule is CC(C)CN(CC(=O)O)c1cc(C(N)=O)ccc1[N+](=O)[O-]. The van der Waals surface area contributed by atoms with Crippen LogP contribution < -0.4 is 10.6 Å². The average Bonchev–Trinajstić information content (AvgIpc) is 2.35. The smallest absolute Gasteiger partial charge is 0.323 e. The highest BCUT2D eigenvalue weighted by atomic mass is 16.6. The van der Waals surface area contributed by atoms with Crippen LogP contribution in [0.25, 0.3) is 0 Å². The summed E-state index contributed by atoms with van der Waals surface area (Å²) in [7, 11) is 0. The number of carbonyl (C=O) groups is 2. The van der Waals surface area contributed by atoms with E-state index in [1.807, 2.05) is 13.8 Å². The van der Waals surface area contributed by atoms with Crippen LogP contribution in [0.4, 0.5) is 11.4 Å². The predicted octanol–water partition coefficient (Wildman–Crippen LogP) is 1.24. The third kappa shape index (κ3) is 4.44. The van der Waals surface area contributed by atoms with Gasteiger partial charge < -0.3 is 15.7 Å². The molecule has 0 aliphatic carbocycles. The Balaban J connectivity index is 3.36. The number of aliphatic carboxylic acids is 1. The molecular weight excluding hydrogens is 278 g/mol. The lowest BCUT2D eigenvalue weighted by atomic mass is 10.1. The number of nitro groups is 1. The molecule has 1 aromatic rings. The van der Waals surface area contributed by atoms with Crippen molar-refractivity contribution in [2.75, 3.05) is 18.0 Å². The first-order valence-electron chi connectivity index (χ1n) is 6.27. The molecule has 1 aromatic carbocycles. The fourth-order valence-electron chi connectivity index (χ4n) is 1.94. The number of nitrogens with two attached hydrogens (primary N) is 1. The number of carbonyl (C=O) groups excluding carboxylic acids is 1. The van der Waals surface area contributed by atoms with Gasteiger partial charge in [0.15, 0.2) is 0 Å². The first-order chi connectivity index (χ1) is 9.72. The van der Waals surface area contributed by atoms with Crippen molar-refractivity contribution in [2.45, 2.75) is 13.8 Å². The molecule has 21 heavy (non-hydrogen) atoms. The van der Waals surface area contributed by atoms with Crippen LogP contribution >= 0.6 is 0 Å². The minimum atomic E-state index is -1.12. The highest BCUT2D eigenvalue weighted by Gasteiger charge is 2.23. The maximum Gasteiger partial charge on any atom is 0.323 e. The molecule has 0 aliphatic heterocycles. The molecule has 0 unspecified atom stereocenters. The van der Waals surface area contributed by atoms with Crippen molar-refractivity contribution < 1.29 is 19.6 Å². The Kier molecular flexibility index (Phi) is 5.23. The first-order valence-corrected chi connectivity index (χ1v) is 6.27. The topological polar surface area (TPSA) is 127 Å². The quantitative estimate of drug-likeness (QED) is 0.575. The standard InChI is InChI=1S/C13H17N3O5/c1-8(2)6-15(7-12(17)18)11-5-9(13(14)19)3-4-10(11)16(20)21/h3-5,8H,6-7H2,1-2H3,(H2,14,19)(H,17,18). The van der Waals surface area contributed by atoms with Crippen molar-refractivity contribution in [3.8, 4) is 0 Å². The monoisotopic (exact) mass is 295 g/mol. The normalized spacial score (nSPS) is 10.4. The van der Waals surface area contributed by atoms with E-state index in [9.17, 15) is 19.7 Å². The van der Waals surface area contributed by atoms with E-state index in [4.69, 9.17) is 10.8 Å². The molecule has 0 aromatic heterocycles. The lowest BCUT2D eigenvalue weighted by molar-refractivity contribution is -0.384. The van der Waals surface area contributed by atoms with E-state index in [2.05, 4.69) is 0 Å². The molecule has 0 fully saturated rings. The van der Waals surface area contributed by atoms with Crippen molar-refractivity contribution in [3.05, 3.63) is 33.9 Å². The Hall–Kier alpha value is -2.64. The molecule has 8 nitrogen and oxygen atoms in total. The number of nitrogens with zero attached hydrogens (tertiary/aromatic N) is 2. The van der Waals surface area contributed by atoms with Crippen LogP contribution in [0, 0.1) is 16.0 Å². The van der Waals surface area contributed by atoms with E-state index in [0.29, 0.717) is 6.54 Å². The molecule has 0 spiro atoms. The number of benzene rings is 1. The molecule has 0 bridgehead atoms. The minimum Gasteiger partial charge on any atom is -0.480 e. The number of hydrogen-bond acceptors (Lipinski definition) is 5. The van der Waals surface area contributed by atoms with Crippen LogP contribution in [-0.2, 0) is 4.79 Å². The van der Waals surface area contributed by atoms with Gasteiger partial charge in [-0.3, -0.25) is 19.7 Å². The molecular formula is C13H17N3O5. The summed E-state index contributed by atoms with van der Waals surface area (Å²) in [5.74, 6) is -1.76. The van der Waals surface area contributed by atoms with Crippen LogP contribution in [0.2, 0.25) is 0 Å². The Bertz CT molecular complexity index is 571. The van der Waals surface area contributed by atoms with Gasteiger partial charge in [0.2, 0.25) is 5.91 Å². The predicted molar refractivity (Wildman–Crippen MR) is 76.3 cm³/mol.